The Hall–Kier alpha value is -2.20. The van der Waals surface area contributed by atoms with Crippen molar-refractivity contribution in [2.75, 3.05) is 38.5 Å². The molecule has 1 atom stereocenters. The molecule has 0 radical (unpaired) electrons. The highest BCUT2D eigenvalue weighted by atomic mass is 35.5. The van der Waals surface area contributed by atoms with Crippen molar-refractivity contribution in [1.29, 1.82) is 0 Å². The molecule has 1 aliphatic heterocycles. The second-order valence-corrected chi connectivity index (χ2v) is 9.67. The van der Waals surface area contributed by atoms with Crippen LogP contribution in [-0.4, -0.2) is 55.8 Å². The molecule has 1 aliphatic rings. The van der Waals surface area contributed by atoms with Gasteiger partial charge in [-0.3, -0.25) is 10.1 Å². The summed E-state index contributed by atoms with van der Waals surface area (Å²) in [5.41, 5.74) is 0.946. The predicted molar refractivity (Wildman–Crippen MR) is 117 cm³/mol. The number of likely N-dealkylation sites (N-methyl/N-ethyl adjacent to an activating group) is 1. The molecule has 2 aromatic carbocycles. The fraction of sp³-hybridized carbons (Fsp3) is 0.400. The predicted octanol–water partition coefficient (Wildman–Crippen LogP) is 3.75. The van der Waals surface area contributed by atoms with Crippen LogP contribution < -0.4 is 5.32 Å². The van der Waals surface area contributed by atoms with Crippen LogP contribution >= 0.6 is 11.6 Å². The highest BCUT2D eigenvalue weighted by Crippen LogP contribution is 2.33. The molecule has 1 fully saturated rings. The van der Waals surface area contributed by atoms with E-state index in [-0.39, 0.29) is 22.3 Å². The maximum Gasteiger partial charge on any atom is 0.293 e. The van der Waals surface area contributed by atoms with E-state index >= 15 is 0 Å². The zero-order chi connectivity index (χ0) is 21.9. The zero-order valence-corrected chi connectivity index (χ0v) is 18.5. The van der Waals surface area contributed by atoms with Gasteiger partial charge in [-0.2, -0.15) is 4.31 Å². The van der Waals surface area contributed by atoms with Crippen molar-refractivity contribution in [2.24, 2.45) is 0 Å². The molecular formula is C20H25ClN4O4S. The first-order valence-corrected chi connectivity index (χ1v) is 11.5. The van der Waals surface area contributed by atoms with E-state index in [9.17, 15) is 18.5 Å². The first kappa shape index (κ1) is 22.5. The number of hydrogen-bond donors (Lipinski definition) is 1. The van der Waals surface area contributed by atoms with Crippen molar-refractivity contribution >= 4 is 33.0 Å². The third kappa shape index (κ3) is 4.92. The highest BCUT2D eigenvalue weighted by Gasteiger charge is 2.30. The van der Waals surface area contributed by atoms with Gasteiger partial charge in [0.25, 0.3) is 5.69 Å². The summed E-state index contributed by atoms with van der Waals surface area (Å²) in [6.07, 6.45) is 0.681. The molecule has 0 aromatic heterocycles. The Labute approximate surface area is 181 Å². The molecule has 0 bridgehead atoms. The molecule has 3 rings (SSSR count). The molecule has 1 heterocycles. The largest absolute Gasteiger partial charge is 0.373 e. The lowest BCUT2D eigenvalue weighted by molar-refractivity contribution is -0.384. The number of nitrogens with zero attached hydrogens (tertiary/aromatic N) is 3. The van der Waals surface area contributed by atoms with Gasteiger partial charge < -0.3 is 10.2 Å². The lowest BCUT2D eigenvalue weighted by atomic mass is 10.0. The van der Waals surface area contributed by atoms with Crippen LogP contribution in [0, 0.1) is 10.1 Å². The van der Waals surface area contributed by atoms with E-state index in [1.54, 1.807) is 12.1 Å². The molecule has 0 saturated carbocycles. The van der Waals surface area contributed by atoms with Gasteiger partial charge in [-0.15, -0.1) is 0 Å². The summed E-state index contributed by atoms with van der Waals surface area (Å²) in [5, 5.41) is 15.5. The molecule has 30 heavy (non-hydrogen) atoms. The Bertz CT molecular complexity index is 1010. The van der Waals surface area contributed by atoms with Crippen LogP contribution in [-0.2, 0) is 10.0 Å². The number of benzene rings is 2. The molecule has 0 aliphatic carbocycles. The summed E-state index contributed by atoms with van der Waals surface area (Å²) >= 11 is 5.95. The fourth-order valence-electron chi connectivity index (χ4n) is 3.43. The summed E-state index contributed by atoms with van der Waals surface area (Å²) < 4.78 is 27.3. The fourth-order valence-corrected chi connectivity index (χ4v) is 5.00. The van der Waals surface area contributed by atoms with Crippen molar-refractivity contribution in [3.8, 4) is 0 Å². The van der Waals surface area contributed by atoms with Gasteiger partial charge in [0, 0.05) is 37.3 Å². The quantitative estimate of drug-likeness (QED) is 0.507. The number of sulfonamides is 1. The molecule has 10 heteroatoms. The van der Waals surface area contributed by atoms with E-state index in [2.05, 4.69) is 5.32 Å². The standard InChI is InChI=1S/C20H25ClN4O4S/c1-3-18(15-4-6-16(21)7-5-15)22-19-9-8-17(14-20(19)25(26)27)30(28,29)24-12-10-23(2)11-13-24/h4-9,14,18,22H,3,10-13H2,1-2H3/t18-/m0/s1. The van der Waals surface area contributed by atoms with Crippen LogP contribution in [0.2, 0.25) is 5.02 Å². The summed E-state index contributed by atoms with van der Waals surface area (Å²) in [4.78, 5) is 13.1. The maximum absolute atomic E-state index is 13.0. The first-order chi connectivity index (χ1) is 14.2. The minimum atomic E-state index is -3.79. The Morgan fingerprint density at radius 1 is 1.13 bits per heavy atom. The van der Waals surface area contributed by atoms with Crippen LogP contribution in [0.15, 0.2) is 47.4 Å². The third-order valence-corrected chi connectivity index (χ3v) is 7.42. The van der Waals surface area contributed by atoms with Gasteiger partial charge in [-0.05, 0) is 43.3 Å². The Morgan fingerprint density at radius 2 is 1.77 bits per heavy atom. The third-order valence-electron chi connectivity index (χ3n) is 5.28. The average Bonchev–Trinajstić information content (AvgIpc) is 2.73. The lowest BCUT2D eigenvalue weighted by Gasteiger charge is -2.31. The summed E-state index contributed by atoms with van der Waals surface area (Å²) in [5.74, 6) is 0. The van der Waals surface area contributed by atoms with E-state index in [1.165, 1.54) is 16.4 Å². The average molecular weight is 453 g/mol. The Kier molecular flexibility index (Phi) is 6.97. The van der Waals surface area contributed by atoms with Crippen LogP contribution in [0.1, 0.15) is 24.9 Å². The molecule has 1 saturated heterocycles. The van der Waals surface area contributed by atoms with Gasteiger partial charge in [-0.1, -0.05) is 30.7 Å². The second kappa shape index (κ2) is 9.30. The summed E-state index contributed by atoms with van der Waals surface area (Å²) in [6, 6.07) is 11.1. The first-order valence-electron chi connectivity index (χ1n) is 9.71. The van der Waals surface area contributed by atoms with Crippen molar-refractivity contribution in [3.63, 3.8) is 0 Å². The van der Waals surface area contributed by atoms with Gasteiger partial charge in [-0.25, -0.2) is 8.42 Å². The van der Waals surface area contributed by atoms with Crippen LogP contribution in [0.4, 0.5) is 11.4 Å². The van der Waals surface area contributed by atoms with Gasteiger partial charge in [0.1, 0.15) is 5.69 Å². The SMILES string of the molecule is CC[C@H](Nc1ccc(S(=O)(=O)N2CCN(C)CC2)cc1[N+](=O)[O-])c1ccc(Cl)cc1. The van der Waals surface area contributed by atoms with Crippen LogP contribution in [0.3, 0.4) is 0 Å². The molecule has 2 aromatic rings. The van der Waals surface area contributed by atoms with Crippen LogP contribution in [0.25, 0.3) is 0 Å². The van der Waals surface area contributed by atoms with Crippen molar-refractivity contribution < 1.29 is 13.3 Å². The monoisotopic (exact) mass is 452 g/mol. The number of halogens is 1. The highest BCUT2D eigenvalue weighted by molar-refractivity contribution is 7.89. The molecule has 0 unspecified atom stereocenters. The molecule has 0 amide bonds. The molecule has 162 valence electrons. The maximum atomic E-state index is 13.0. The van der Waals surface area contributed by atoms with E-state index in [1.807, 2.05) is 31.0 Å². The minimum absolute atomic E-state index is 0.0659. The summed E-state index contributed by atoms with van der Waals surface area (Å²) in [7, 11) is -1.86. The van der Waals surface area contributed by atoms with Crippen molar-refractivity contribution in [2.45, 2.75) is 24.3 Å². The molecule has 8 nitrogen and oxygen atoms in total. The number of rotatable bonds is 7. The summed E-state index contributed by atoms with van der Waals surface area (Å²) in [6.45, 7) is 3.94. The molecule has 0 spiro atoms. The second-order valence-electron chi connectivity index (χ2n) is 7.30. The van der Waals surface area contributed by atoms with E-state index in [0.717, 1.165) is 11.6 Å². The zero-order valence-electron chi connectivity index (χ0n) is 16.9. The van der Waals surface area contributed by atoms with E-state index < -0.39 is 14.9 Å². The number of nitro groups is 1. The van der Waals surface area contributed by atoms with Gasteiger partial charge >= 0.3 is 0 Å². The van der Waals surface area contributed by atoms with E-state index in [0.29, 0.717) is 37.6 Å². The molecular weight excluding hydrogens is 428 g/mol. The van der Waals surface area contributed by atoms with Gasteiger partial charge in [0.2, 0.25) is 10.0 Å². The lowest BCUT2D eigenvalue weighted by Crippen LogP contribution is -2.47. The number of hydrogen-bond acceptors (Lipinski definition) is 6. The molecule has 1 N–H and O–H groups in total. The minimum Gasteiger partial charge on any atom is -0.373 e. The van der Waals surface area contributed by atoms with E-state index in [4.69, 9.17) is 11.6 Å². The number of anilines is 1. The van der Waals surface area contributed by atoms with Crippen molar-refractivity contribution in [1.82, 2.24) is 9.21 Å². The topological polar surface area (TPSA) is 95.8 Å². The van der Waals surface area contributed by atoms with Gasteiger partial charge in [0.15, 0.2) is 0 Å². The normalized spacial score (nSPS) is 16.9. The Morgan fingerprint density at radius 3 is 2.33 bits per heavy atom. The smallest absolute Gasteiger partial charge is 0.293 e. The van der Waals surface area contributed by atoms with Gasteiger partial charge in [0.05, 0.1) is 15.9 Å². The van der Waals surface area contributed by atoms with Crippen molar-refractivity contribution in [3.05, 3.63) is 63.2 Å². The number of nitro benzene ring substituents is 1. The number of nitrogens with one attached hydrogen (secondary N) is 1. The Balaban J connectivity index is 1.90. The number of piperazine rings is 1. The van der Waals surface area contributed by atoms with Crippen LogP contribution in [0.5, 0.6) is 0 Å².